The molecular weight excluding hydrogens is 254 g/mol. The first-order chi connectivity index (χ1) is 9.47. The van der Waals surface area contributed by atoms with Crippen LogP contribution >= 0.6 is 0 Å². The first-order valence-electron chi connectivity index (χ1n) is 8.00. The molecule has 1 amide bonds. The number of unbranched alkanes of at least 4 members (excludes halogenated alkanes) is 2. The Bertz CT molecular complexity index is 320. The van der Waals surface area contributed by atoms with E-state index >= 15 is 0 Å². The molecule has 0 heterocycles. The molecule has 4 nitrogen and oxygen atoms in total. The molecule has 20 heavy (non-hydrogen) atoms. The highest BCUT2D eigenvalue weighted by Crippen LogP contribution is 2.30. The molecule has 0 unspecified atom stereocenters. The zero-order valence-corrected chi connectivity index (χ0v) is 13.1. The Kier molecular flexibility index (Phi) is 7.03. The van der Waals surface area contributed by atoms with Crippen LogP contribution < -0.4 is 0 Å². The molecule has 1 fully saturated rings. The number of amides is 1. The summed E-state index contributed by atoms with van der Waals surface area (Å²) in [5.41, 5.74) is 0. The van der Waals surface area contributed by atoms with Crippen LogP contribution in [0.3, 0.4) is 0 Å². The lowest BCUT2D eigenvalue weighted by Gasteiger charge is -2.33. The van der Waals surface area contributed by atoms with Crippen LogP contribution in [-0.4, -0.2) is 34.5 Å². The van der Waals surface area contributed by atoms with E-state index in [1.165, 1.54) is 0 Å². The van der Waals surface area contributed by atoms with E-state index in [2.05, 4.69) is 20.8 Å². The number of carbonyl (C=O) groups is 2. The molecule has 0 aromatic heterocycles. The highest BCUT2D eigenvalue weighted by Gasteiger charge is 2.32. The monoisotopic (exact) mass is 283 g/mol. The molecule has 4 heteroatoms. The molecule has 0 aromatic rings. The predicted octanol–water partition coefficient (Wildman–Crippen LogP) is 3.30. The van der Waals surface area contributed by atoms with Gasteiger partial charge < -0.3 is 10.0 Å². The second-order valence-corrected chi connectivity index (χ2v) is 6.22. The summed E-state index contributed by atoms with van der Waals surface area (Å²) in [5, 5.41) is 9.01. The second-order valence-electron chi connectivity index (χ2n) is 6.22. The smallest absolute Gasteiger partial charge is 0.306 e. The number of carbonyl (C=O) groups excluding carboxylic acids is 1. The average Bonchev–Trinajstić information content (AvgIpc) is 2.42. The number of hydrogen-bond acceptors (Lipinski definition) is 2. The highest BCUT2D eigenvalue weighted by atomic mass is 16.4. The quantitative estimate of drug-likeness (QED) is 0.729. The van der Waals surface area contributed by atoms with Crippen molar-refractivity contribution in [3.8, 4) is 0 Å². The SMILES string of the molecule is CCCCCN(C(=O)C1CCC(C(=O)O)CC1)C(C)C. The van der Waals surface area contributed by atoms with Crippen LogP contribution in [0, 0.1) is 11.8 Å². The molecule has 1 aliphatic rings. The van der Waals surface area contributed by atoms with Crippen molar-refractivity contribution >= 4 is 11.9 Å². The molecule has 1 aliphatic carbocycles. The fourth-order valence-corrected chi connectivity index (χ4v) is 2.98. The summed E-state index contributed by atoms with van der Waals surface area (Å²) in [6.45, 7) is 7.12. The fourth-order valence-electron chi connectivity index (χ4n) is 2.98. The van der Waals surface area contributed by atoms with Crippen molar-refractivity contribution in [2.45, 2.75) is 71.8 Å². The zero-order chi connectivity index (χ0) is 15.1. The number of carboxylic acid groups (broad SMARTS) is 1. The first-order valence-corrected chi connectivity index (χ1v) is 8.00. The molecule has 116 valence electrons. The Hall–Kier alpha value is -1.06. The Labute approximate surface area is 122 Å². The summed E-state index contributed by atoms with van der Waals surface area (Å²) in [5.74, 6) is -0.680. The minimum absolute atomic E-state index is 0.0367. The summed E-state index contributed by atoms with van der Waals surface area (Å²) in [7, 11) is 0. The summed E-state index contributed by atoms with van der Waals surface area (Å²) < 4.78 is 0. The normalized spacial score (nSPS) is 22.8. The minimum atomic E-state index is -0.709. The van der Waals surface area contributed by atoms with Crippen LogP contribution in [0.4, 0.5) is 0 Å². The van der Waals surface area contributed by atoms with Crippen LogP contribution in [0.15, 0.2) is 0 Å². The molecule has 1 rings (SSSR count). The van der Waals surface area contributed by atoms with Gasteiger partial charge in [-0.25, -0.2) is 0 Å². The van der Waals surface area contributed by atoms with E-state index in [1.54, 1.807) is 0 Å². The van der Waals surface area contributed by atoms with Crippen LogP contribution in [0.1, 0.15) is 65.7 Å². The lowest BCUT2D eigenvalue weighted by atomic mass is 9.81. The van der Waals surface area contributed by atoms with Gasteiger partial charge in [0.25, 0.3) is 0 Å². The van der Waals surface area contributed by atoms with Gasteiger partial charge in [-0.15, -0.1) is 0 Å². The standard InChI is InChI=1S/C16H29NO3/c1-4-5-6-11-17(12(2)3)15(18)13-7-9-14(10-8-13)16(19)20/h12-14H,4-11H2,1-3H3,(H,19,20). The molecule has 0 spiro atoms. The van der Waals surface area contributed by atoms with Crippen LogP contribution in [0.5, 0.6) is 0 Å². The maximum atomic E-state index is 12.6. The van der Waals surface area contributed by atoms with Crippen molar-refractivity contribution in [1.29, 1.82) is 0 Å². The van der Waals surface area contributed by atoms with Gasteiger partial charge in [-0.3, -0.25) is 9.59 Å². The predicted molar refractivity (Wildman–Crippen MR) is 79.5 cm³/mol. The van der Waals surface area contributed by atoms with E-state index < -0.39 is 5.97 Å². The molecular formula is C16H29NO3. The van der Waals surface area contributed by atoms with Crippen molar-refractivity contribution in [2.24, 2.45) is 11.8 Å². The van der Waals surface area contributed by atoms with Gasteiger partial charge in [-0.2, -0.15) is 0 Å². The van der Waals surface area contributed by atoms with Gasteiger partial charge in [0, 0.05) is 18.5 Å². The Balaban J connectivity index is 2.51. The van der Waals surface area contributed by atoms with Crippen molar-refractivity contribution in [2.75, 3.05) is 6.54 Å². The van der Waals surface area contributed by atoms with Crippen molar-refractivity contribution in [1.82, 2.24) is 4.90 Å². The lowest BCUT2D eigenvalue weighted by molar-refractivity contribution is -0.146. The third-order valence-electron chi connectivity index (χ3n) is 4.33. The molecule has 0 bridgehead atoms. The van der Waals surface area contributed by atoms with E-state index in [1.807, 2.05) is 4.90 Å². The maximum absolute atomic E-state index is 12.6. The number of rotatable bonds is 7. The van der Waals surface area contributed by atoms with E-state index in [9.17, 15) is 9.59 Å². The Morgan fingerprint density at radius 2 is 1.65 bits per heavy atom. The molecule has 0 aliphatic heterocycles. The minimum Gasteiger partial charge on any atom is -0.481 e. The summed E-state index contributed by atoms with van der Waals surface area (Å²) in [6.07, 6.45) is 6.12. The van der Waals surface area contributed by atoms with Crippen LogP contribution in [0.25, 0.3) is 0 Å². The molecule has 0 atom stereocenters. The number of aliphatic carboxylic acids is 1. The number of carboxylic acids is 1. The third kappa shape index (κ3) is 4.80. The van der Waals surface area contributed by atoms with Crippen LogP contribution in [0.2, 0.25) is 0 Å². The van der Waals surface area contributed by atoms with Gasteiger partial charge >= 0.3 is 5.97 Å². The Morgan fingerprint density at radius 3 is 2.10 bits per heavy atom. The largest absolute Gasteiger partial charge is 0.481 e. The number of hydrogen-bond donors (Lipinski definition) is 1. The summed E-state index contributed by atoms with van der Waals surface area (Å²) in [4.78, 5) is 25.5. The fraction of sp³-hybridized carbons (Fsp3) is 0.875. The van der Waals surface area contributed by atoms with E-state index in [0.29, 0.717) is 12.8 Å². The highest BCUT2D eigenvalue weighted by molar-refractivity contribution is 5.79. The van der Waals surface area contributed by atoms with Gasteiger partial charge in [-0.05, 0) is 46.0 Å². The van der Waals surface area contributed by atoms with Gasteiger partial charge in [0.15, 0.2) is 0 Å². The van der Waals surface area contributed by atoms with Crippen molar-refractivity contribution in [3.05, 3.63) is 0 Å². The zero-order valence-electron chi connectivity index (χ0n) is 13.1. The third-order valence-corrected chi connectivity index (χ3v) is 4.33. The van der Waals surface area contributed by atoms with E-state index in [4.69, 9.17) is 5.11 Å². The van der Waals surface area contributed by atoms with Crippen LogP contribution in [-0.2, 0) is 9.59 Å². The topological polar surface area (TPSA) is 57.6 Å². The van der Waals surface area contributed by atoms with Gasteiger partial charge in [0.2, 0.25) is 5.91 Å². The molecule has 0 aromatic carbocycles. The van der Waals surface area contributed by atoms with Gasteiger partial charge in [0.1, 0.15) is 0 Å². The first kappa shape index (κ1) is 17.0. The molecule has 1 saturated carbocycles. The summed E-state index contributed by atoms with van der Waals surface area (Å²) in [6, 6.07) is 0.233. The van der Waals surface area contributed by atoms with Crippen molar-refractivity contribution < 1.29 is 14.7 Å². The van der Waals surface area contributed by atoms with Gasteiger partial charge in [0.05, 0.1) is 5.92 Å². The molecule has 0 radical (unpaired) electrons. The second kappa shape index (κ2) is 8.28. The van der Waals surface area contributed by atoms with E-state index in [0.717, 1.165) is 38.6 Å². The number of nitrogens with zero attached hydrogens (tertiary/aromatic N) is 1. The van der Waals surface area contributed by atoms with Crippen molar-refractivity contribution in [3.63, 3.8) is 0 Å². The lowest BCUT2D eigenvalue weighted by Crippen LogP contribution is -2.42. The maximum Gasteiger partial charge on any atom is 0.306 e. The van der Waals surface area contributed by atoms with Gasteiger partial charge in [-0.1, -0.05) is 19.8 Å². The van der Waals surface area contributed by atoms with E-state index in [-0.39, 0.29) is 23.8 Å². The Morgan fingerprint density at radius 1 is 1.10 bits per heavy atom. The average molecular weight is 283 g/mol. The molecule has 1 N–H and O–H groups in total. The molecule has 0 saturated heterocycles. The summed E-state index contributed by atoms with van der Waals surface area (Å²) >= 11 is 0.